The Bertz CT molecular complexity index is 75.4. The van der Waals surface area contributed by atoms with Gasteiger partial charge in [-0.2, -0.15) is 0 Å². The summed E-state index contributed by atoms with van der Waals surface area (Å²) in [4.78, 5) is 0. The lowest BCUT2D eigenvalue weighted by Crippen LogP contribution is -2.36. The fourth-order valence-electron chi connectivity index (χ4n) is 0.459. The molecule has 0 N–H and O–H groups in total. The van der Waals surface area contributed by atoms with Gasteiger partial charge in [0.15, 0.2) is 0 Å². The maximum Gasteiger partial charge on any atom is 0.335 e. The summed E-state index contributed by atoms with van der Waals surface area (Å²) in [5, 5.41) is 0.956. The van der Waals surface area contributed by atoms with Crippen molar-refractivity contribution in [3.05, 3.63) is 0 Å². The minimum atomic E-state index is -1.74. The van der Waals surface area contributed by atoms with Gasteiger partial charge in [0, 0.05) is 25.6 Å². The van der Waals surface area contributed by atoms with Crippen LogP contribution >= 0.6 is 15.9 Å². The third kappa shape index (κ3) is 3.35. The van der Waals surface area contributed by atoms with Gasteiger partial charge in [0.1, 0.15) is 0 Å². The molecule has 0 rings (SSSR count). The molecule has 0 radical (unpaired) electrons. The van der Waals surface area contributed by atoms with E-state index in [9.17, 15) is 0 Å². The van der Waals surface area contributed by atoms with Crippen LogP contribution in [0.25, 0.3) is 0 Å². The van der Waals surface area contributed by atoms with Gasteiger partial charge in [0.25, 0.3) is 0 Å². The average Bonchev–Trinajstić information content (AvgIpc) is 1.89. The first-order valence-electron chi connectivity index (χ1n) is 2.85. The second-order valence-corrected chi connectivity index (χ2v) is 6.36. The van der Waals surface area contributed by atoms with Crippen LogP contribution in [0.1, 0.15) is 0 Å². The molecule has 0 aliphatic heterocycles. The van der Waals surface area contributed by atoms with E-state index in [1.807, 2.05) is 6.55 Å². The third-order valence-electron chi connectivity index (χ3n) is 1.41. The quantitative estimate of drug-likeness (QED) is 0.523. The maximum absolute atomic E-state index is 5.21. The average molecular weight is 213 g/mol. The molecule has 0 aromatic carbocycles. The number of hydrogen-bond acceptors (Lipinski definition) is 2. The number of rotatable bonds is 4. The Hall–Kier alpha value is 0.617. The zero-order chi connectivity index (χ0) is 7.33. The van der Waals surface area contributed by atoms with Crippen LogP contribution in [0, 0.1) is 0 Å². The van der Waals surface area contributed by atoms with Gasteiger partial charge in [-0.25, -0.2) is 0 Å². The van der Waals surface area contributed by atoms with Crippen LogP contribution < -0.4 is 0 Å². The Labute approximate surface area is 65.9 Å². The van der Waals surface area contributed by atoms with Gasteiger partial charge in [0.05, 0.1) is 0 Å². The van der Waals surface area contributed by atoms with E-state index in [1.54, 1.807) is 14.2 Å². The molecule has 0 amide bonds. The van der Waals surface area contributed by atoms with Crippen LogP contribution in [0.3, 0.4) is 0 Å². The van der Waals surface area contributed by atoms with Crippen molar-refractivity contribution in [1.29, 1.82) is 0 Å². The molecule has 0 atom stereocenters. The van der Waals surface area contributed by atoms with Crippen LogP contribution in [-0.4, -0.2) is 28.1 Å². The molecule has 0 saturated carbocycles. The largest absolute Gasteiger partial charge is 0.398 e. The molecular formula is C5H13BrO2Si. The molecule has 0 unspecified atom stereocenters. The molecule has 0 fully saturated rings. The lowest BCUT2D eigenvalue weighted by atomic mass is 11.0. The van der Waals surface area contributed by atoms with Crippen molar-refractivity contribution in [2.24, 2.45) is 0 Å². The van der Waals surface area contributed by atoms with Crippen molar-refractivity contribution in [3.8, 4) is 0 Å². The first kappa shape index (κ1) is 9.62. The number of hydrogen-bond donors (Lipinski definition) is 0. The molecule has 0 aromatic rings. The summed E-state index contributed by atoms with van der Waals surface area (Å²) in [6.07, 6.45) is 0. The van der Waals surface area contributed by atoms with Crippen molar-refractivity contribution in [2.75, 3.05) is 19.5 Å². The second-order valence-electron chi connectivity index (χ2n) is 1.98. The van der Waals surface area contributed by atoms with E-state index in [1.165, 1.54) is 0 Å². The summed E-state index contributed by atoms with van der Waals surface area (Å²) < 4.78 is 10.4. The number of alkyl halides is 1. The minimum Gasteiger partial charge on any atom is -0.398 e. The van der Waals surface area contributed by atoms with E-state index in [0.29, 0.717) is 0 Å². The van der Waals surface area contributed by atoms with Crippen LogP contribution in [0.5, 0.6) is 0 Å². The van der Waals surface area contributed by atoms with Gasteiger partial charge < -0.3 is 8.85 Å². The van der Waals surface area contributed by atoms with E-state index in [4.69, 9.17) is 8.85 Å². The Morgan fingerprint density at radius 2 is 1.78 bits per heavy atom. The fraction of sp³-hybridized carbons (Fsp3) is 1.00. The molecule has 0 aliphatic rings. The molecule has 4 heteroatoms. The number of halogens is 1. The van der Waals surface area contributed by atoms with Gasteiger partial charge in [0.2, 0.25) is 0 Å². The first-order chi connectivity index (χ1) is 4.18. The Morgan fingerprint density at radius 1 is 1.33 bits per heavy atom. The summed E-state index contributed by atoms with van der Waals surface area (Å²) in [6.45, 7) is 2.05. The van der Waals surface area contributed by atoms with E-state index in [2.05, 4.69) is 15.9 Å². The highest BCUT2D eigenvalue weighted by Gasteiger charge is 2.26. The first-order valence-corrected chi connectivity index (χ1v) is 6.49. The highest BCUT2D eigenvalue weighted by atomic mass is 79.9. The summed E-state index contributed by atoms with van der Waals surface area (Å²) in [7, 11) is 1.67. The highest BCUT2D eigenvalue weighted by Crippen LogP contribution is 2.11. The fourth-order valence-corrected chi connectivity index (χ4v) is 3.54. The molecule has 56 valence electrons. The van der Waals surface area contributed by atoms with E-state index >= 15 is 0 Å². The van der Waals surface area contributed by atoms with Gasteiger partial charge in [-0.3, -0.25) is 0 Å². The van der Waals surface area contributed by atoms with Crippen molar-refractivity contribution in [3.63, 3.8) is 0 Å². The molecule has 0 heterocycles. The molecule has 2 nitrogen and oxygen atoms in total. The van der Waals surface area contributed by atoms with E-state index in [-0.39, 0.29) is 0 Å². The standard InChI is InChI=1S/C5H13BrO2Si/c1-7-9(3,8-2)5-4-6/h4-5H2,1-3H3. The summed E-state index contributed by atoms with van der Waals surface area (Å²) in [6, 6.07) is 1.00. The van der Waals surface area contributed by atoms with Crippen molar-refractivity contribution >= 4 is 24.5 Å². The lowest BCUT2D eigenvalue weighted by Gasteiger charge is -2.20. The molecule has 0 aliphatic carbocycles. The van der Waals surface area contributed by atoms with Crippen LogP contribution in [-0.2, 0) is 8.85 Å². The molecule has 0 saturated heterocycles. The predicted molar refractivity (Wildman–Crippen MR) is 44.2 cm³/mol. The molecule has 0 bridgehead atoms. The lowest BCUT2D eigenvalue weighted by molar-refractivity contribution is 0.251. The minimum absolute atomic E-state index is 0.956. The van der Waals surface area contributed by atoms with Crippen molar-refractivity contribution in [2.45, 2.75) is 12.6 Å². The molecule has 9 heavy (non-hydrogen) atoms. The van der Waals surface area contributed by atoms with Crippen LogP contribution in [0.15, 0.2) is 0 Å². The predicted octanol–water partition coefficient (Wildman–Crippen LogP) is 1.75. The maximum atomic E-state index is 5.21. The highest BCUT2D eigenvalue weighted by molar-refractivity contribution is 9.09. The third-order valence-corrected chi connectivity index (χ3v) is 5.43. The van der Waals surface area contributed by atoms with Gasteiger partial charge in [-0.05, 0) is 6.55 Å². The Morgan fingerprint density at radius 3 is 1.89 bits per heavy atom. The summed E-state index contributed by atoms with van der Waals surface area (Å²) in [5.41, 5.74) is 0. The Kier molecular flexibility index (Phi) is 4.74. The van der Waals surface area contributed by atoms with Gasteiger partial charge >= 0.3 is 8.56 Å². The Balaban J connectivity index is 3.62. The van der Waals surface area contributed by atoms with Crippen molar-refractivity contribution in [1.82, 2.24) is 0 Å². The second kappa shape index (κ2) is 4.44. The van der Waals surface area contributed by atoms with E-state index < -0.39 is 8.56 Å². The zero-order valence-corrected chi connectivity index (χ0v) is 8.69. The molecule has 0 spiro atoms. The van der Waals surface area contributed by atoms with E-state index in [0.717, 1.165) is 11.4 Å². The zero-order valence-electron chi connectivity index (χ0n) is 6.11. The summed E-state index contributed by atoms with van der Waals surface area (Å²) in [5.74, 6) is 0. The monoisotopic (exact) mass is 212 g/mol. The van der Waals surface area contributed by atoms with Crippen LogP contribution in [0.2, 0.25) is 12.6 Å². The SMILES string of the molecule is CO[Si](C)(CCBr)OC. The molecule has 0 aromatic heterocycles. The van der Waals surface area contributed by atoms with Gasteiger partial charge in [-0.15, -0.1) is 0 Å². The van der Waals surface area contributed by atoms with Gasteiger partial charge in [-0.1, -0.05) is 15.9 Å². The molecular weight excluding hydrogens is 200 g/mol. The van der Waals surface area contributed by atoms with Crippen LogP contribution in [0.4, 0.5) is 0 Å². The summed E-state index contributed by atoms with van der Waals surface area (Å²) >= 11 is 3.34. The normalized spacial score (nSPS) is 12.0. The van der Waals surface area contributed by atoms with Crippen molar-refractivity contribution < 1.29 is 8.85 Å². The topological polar surface area (TPSA) is 18.5 Å². The smallest absolute Gasteiger partial charge is 0.335 e.